The van der Waals surface area contributed by atoms with Crippen molar-refractivity contribution < 1.29 is 4.42 Å². The Morgan fingerprint density at radius 3 is 2.96 bits per heavy atom. The quantitative estimate of drug-likeness (QED) is 0.442. The molecule has 0 radical (unpaired) electrons. The van der Waals surface area contributed by atoms with Crippen LogP contribution in [0.2, 0.25) is 0 Å². The molecule has 4 nitrogen and oxygen atoms in total. The van der Waals surface area contributed by atoms with Crippen molar-refractivity contribution in [2.45, 2.75) is 32.7 Å². The van der Waals surface area contributed by atoms with Crippen LogP contribution in [0.15, 0.2) is 52.6 Å². The highest BCUT2D eigenvalue weighted by Crippen LogP contribution is 2.16. The molecule has 0 aromatic carbocycles. The van der Waals surface area contributed by atoms with Crippen molar-refractivity contribution in [1.82, 2.24) is 10.6 Å². The van der Waals surface area contributed by atoms with Gasteiger partial charge in [0.25, 0.3) is 0 Å². The Bertz CT molecular complexity index is 616. The highest BCUT2D eigenvalue weighted by Gasteiger charge is 2.08. The minimum absolute atomic E-state index is 0.313. The minimum Gasteiger partial charge on any atom is -0.469 e. The lowest BCUT2D eigenvalue weighted by Gasteiger charge is -2.17. The molecule has 0 aliphatic carbocycles. The molecular formula is C18H25N3OS. The van der Waals surface area contributed by atoms with Gasteiger partial charge in [-0.2, -0.15) is 0 Å². The van der Waals surface area contributed by atoms with Gasteiger partial charge < -0.3 is 15.1 Å². The largest absolute Gasteiger partial charge is 0.469 e. The summed E-state index contributed by atoms with van der Waals surface area (Å²) in [6, 6.07) is 8.55. The predicted molar refractivity (Wildman–Crippen MR) is 98.3 cm³/mol. The Balaban J connectivity index is 1.86. The van der Waals surface area contributed by atoms with Crippen LogP contribution >= 0.6 is 11.3 Å². The fourth-order valence-electron chi connectivity index (χ4n) is 2.24. The number of aliphatic imine (C=N–C) groups is 1. The summed E-state index contributed by atoms with van der Waals surface area (Å²) in [5.74, 6) is 1.77. The maximum Gasteiger partial charge on any atom is 0.191 e. The number of furan rings is 1. The Labute approximate surface area is 142 Å². The smallest absolute Gasteiger partial charge is 0.191 e. The number of hydrogen-bond acceptors (Lipinski definition) is 3. The van der Waals surface area contributed by atoms with Gasteiger partial charge in [-0.05, 0) is 38.1 Å². The van der Waals surface area contributed by atoms with E-state index < -0.39 is 0 Å². The third kappa shape index (κ3) is 6.32. The van der Waals surface area contributed by atoms with E-state index in [1.54, 1.807) is 6.26 Å². The van der Waals surface area contributed by atoms with E-state index >= 15 is 0 Å². The Morgan fingerprint density at radius 2 is 2.30 bits per heavy atom. The summed E-state index contributed by atoms with van der Waals surface area (Å²) in [4.78, 5) is 7.35. The normalized spacial score (nSPS) is 12.9. The van der Waals surface area contributed by atoms with Gasteiger partial charge in [-0.3, -0.25) is 4.99 Å². The number of guanidine groups is 1. The third-order valence-corrected chi connectivity index (χ3v) is 4.33. The molecule has 5 heteroatoms. The lowest BCUT2D eigenvalue weighted by Crippen LogP contribution is -2.43. The lowest BCUT2D eigenvalue weighted by molar-refractivity contribution is 0.510. The van der Waals surface area contributed by atoms with E-state index in [4.69, 9.17) is 4.42 Å². The summed E-state index contributed by atoms with van der Waals surface area (Å²) < 4.78 is 5.33. The number of rotatable bonds is 8. The summed E-state index contributed by atoms with van der Waals surface area (Å²) in [7, 11) is 0. The van der Waals surface area contributed by atoms with Gasteiger partial charge in [-0.15, -0.1) is 17.9 Å². The van der Waals surface area contributed by atoms with E-state index in [0.29, 0.717) is 19.1 Å². The molecule has 2 heterocycles. The number of nitrogens with one attached hydrogen (secondary N) is 2. The van der Waals surface area contributed by atoms with Crippen molar-refractivity contribution >= 4 is 17.3 Å². The minimum atomic E-state index is 0.313. The van der Waals surface area contributed by atoms with Gasteiger partial charge in [0.05, 0.1) is 6.26 Å². The summed E-state index contributed by atoms with van der Waals surface area (Å²) >= 11 is 1.85. The first-order chi connectivity index (χ1) is 11.2. The average molecular weight is 331 g/mol. The molecule has 1 unspecified atom stereocenters. The van der Waals surface area contributed by atoms with Crippen molar-refractivity contribution in [2.24, 2.45) is 4.99 Å². The summed E-state index contributed by atoms with van der Waals surface area (Å²) in [5.41, 5.74) is 0. The van der Waals surface area contributed by atoms with Crippen LogP contribution in [0.1, 0.15) is 22.4 Å². The van der Waals surface area contributed by atoms with E-state index in [1.165, 1.54) is 9.75 Å². The van der Waals surface area contributed by atoms with Crippen LogP contribution in [-0.4, -0.2) is 25.1 Å². The van der Waals surface area contributed by atoms with Gasteiger partial charge >= 0.3 is 0 Å². The Morgan fingerprint density at radius 1 is 1.43 bits per heavy atom. The topological polar surface area (TPSA) is 49.6 Å². The van der Waals surface area contributed by atoms with E-state index in [0.717, 1.165) is 24.6 Å². The molecule has 0 fully saturated rings. The van der Waals surface area contributed by atoms with E-state index in [9.17, 15) is 0 Å². The number of hydrogen-bond donors (Lipinski definition) is 2. The molecule has 0 aliphatic heterocycles. The molecule has 23 heavy (non-hydrogen) atoms. The second kappa shape index (κ2) is 9.20. The van der Waals surface area contributed by atoms with Gasteiger partial charge in [0, 0.05) is 41.7 Å². The second-order valence-corrected chi connectivity index (χ2v) is 6.86. The predicted octanol–water partition coefficient (Wildman–Crippen LogP) is 3.54. The number of thiophene rings is 1. The number of nitrogens with zero attached hydrogens (tertiary/aromatic N) is 1. The molecule has 0 amide bonds. The average Bonchev–Trinajstić information content (AvgIpc) is 3.16. The highest BCUT2D eigenvalue weighted by atomic mass is 32.1. The van der Waals surface area contributed by atoms with Crippen LogP contribution in [0.4, 0.5) is 0 Å². The van der Waals surface area contributed by atoms with Crippen LogP contribution < -0.4 is 10.6 Å². The van der Waals surface area contributed by atoms with Crippen molar-refractivity contribution in [3.05, 3.63) is 58.7 Å². The number of aryl methyl sites for hydroxylation is 1. The Hall–Kier alpha value is -2.01. The second-order valence-electron chi connectivity index (χ2n) is 5.49. The molecule has 0 bridgehead atoms. The SMILES string of the molecule is C=CCNC(=NCCc1ccco1)NC(C)Cc1ccc(C)s1. The van der Waals surface area contributed by atoms with Crippen molar-refractivity contribution in [2.75, 3.05) is 13.1 Å². The summed E-state index contributed by atoms with van der Waals surface area (Å²) in [5, 5.41) is 6.72. The molecule has 2 rings (SSSR count). The van der Waals surface area contributed by atoms with E-state index in [1.807, 2.05) is 29.5 Å². The first-order valence-corrected chi connectivity index (χ1v) is 8.72. The van der Waals surface area contributed by atoms with Crippen LogP contribution in [-0.2, 0) is 12.8 Å². The lowest BCUT2D eigenvalue weighted by atomic mass is 10.2. The highest BCUT2D eigenvalue weighted by molar-refractivity contribution is 7.11. The fourth-order valence-corrected chi connectivity index (χ4v) is 3.25. The fraction of sp³-hybridized carbons (Fsp3) is 0.389. The van der Waals surface area contributed by atoms with Crippen LogP contribution in [0.25, 0.3) is 0 Å². The summed E-state index contributed by atoms with van der Waals surface area (Å²) in [6.07, 6.45) is 5.31. The molecule has 0 saturated carbocycles. The molecule has 0 spiro atoms. The van der Waals surface area contributed by atoms with Gasteiger partial charge in [0.15, 0.2) is 5.96 Å². The molecular weight excluding hydrogens is 306 g/mol. The van der Waals surface area contributed by atoms with Crippen LogP contribution in [0.5, 0.6) is 0 Å². The van der Waals surface area contributed by atoms with E-state index in [2.05, 4.69) is 48.2 Å². The maximum absolute atomic E-state index is 5.33. The van der Waals surface area contributed by atoms with Gasteiger partial charge in [0.1, 0.15) is 5.76 Å². The maximum atomic E-state index is 5.33. The molecule has 0 aliphatic rings. The van der Waals surface area contributed by atoms with Crippen molar-refractivity contribution in [3.8, 4) is 0 Å². The molecule has 2 N–H and O–H groups in total. The standard InChI is InChI=1S/C18H25N3OS/c1-4-10-19-18(20-11-9-16-6-5-12-22-16)21-14(2)13-17-8-7-15(3)23-17/h4-8,12,14H,1,9-11,13H2,2-3H3,(H2,19,20,21). The molecule has 1 atom stereocenters. The molecule has 2 aromatic rings. The zero-order valence-corrected chi connectivity index (χ0v) is 14.7. The first kappa shape index (κ1) is 17.3. The van der Waals surface area contributed by atoms with Crippen LogP contribution in [0.3, 0.4) is 0 Å². The molecule has 124 valence electrons. The van der Waals surface area contributed by atoms with Crippen molar-refractivity contribution in [1.29, 1.82) is 0 Å². The van der Waals surface area contributed by atoms with Gasteiger partial charge in [-0.25, -0.2) is 0 Å². The third-order valence-electron chi connectivity index (χ3n) is 3.31. The Kier molecular flexibility index (Phi) is 6.94. The molecule has 0 saturated heterocycles. The van der Waals surface area contributed by atoms with Gasteiger partial charge in [-0.1, -0.05) is 6.08 Å². The molecule has 2 aromatic heterocycles. The zero-order valence-electron chi connectivity index (χ0n) is 13.8. The van der Waals surface area contributed by atoms with Crippen LogP contribution in [0, 0.1) is 6.92 Å². The first-order valence-electron chi connectivity index (χ1n) is 7.91. The summed E-state index contributed by atoms with van der Waals surface area (Å²) in [6.45, 7) is 9.43. The zero-order chi connectivity index (χ0) is 16.5. The monoisotopic (exact) mass is 331 g/mol. The van der Waals surface area contributed by atoms with Gasteiger partial charge in [0.2, 0.25) is 0 Å². The van der Waals surface area contributed by atoms with E-state index in [-0.39, 0.29) is 0 Å². The van der Waals surface area contributed by atoms with Crippen molar-refractivity contribution in [3.63, 3.8) is 0 Å².